The van der Waals surface area contributed by atoms with E-state index in [-0.39, 0.29) is 23.3 Å². The molecule has 1 heterocycles. The lowest BCUT2D eigenvalue weighted by Gasteiger charge is -2.11. The third-order valence-electron chi connectivity index (χ3n) is 3.73. The molecule has 144 valence electrons. The second-order valence-electron chi connectivity index (χ2n) is 5.55. The number of carbonyl (C=O) groups excluding carboxylic acids is 2. The first-order valence-corrected chi connectivity index (χ1v) is 8.41. The molecule has 0 aliphatic rings. The van der Waals surface area contributed by atoms with E-state index < -0.39 is 17.2 Å². The van der Waals surface area contributed by atoms with Gasteiger partial charge in [0.1, 0.15) is 10.8 Å². The van der Waals surface area contributed by atoms with Crippen molar-refractivity contribution in [2.24, 2.45) is 7.05 Å². The molecule has 0 radical (unpaired) electrons. The molecular weight excluding hydrogens is 384 g/mol. The van der Waals surface area contributed by atoms with E-state index in [9.17, 15) is 19.2 Å². The summed E-state index contributed by atoms with van der Waals surface area (Å²) in [5.41, 5.74) is -0.652. The molecule has 0 spiro atoms. The summed E-state index contributed by atoms with van der Waals surface area (Å²) in [6.45, 7) is 3.17. The lowest BCUT2D eigenvalue weighted by molar-refractivity contribution is -0.111. The van der Waals surface area contributed by atoms with Crippen molar-refractivity contribution in [2.75, 3.05) is 12.4 Å². The zero-order valence-corrected chi connectivity index (χ0v) is 16.0. The first-order valence-electron chi connectivity index (χ1n) is 8.04. The number of rotatable bonds is 4. The van der Waals surface area contributed by atoms with Crippen LogP contribution in [0.2, 0.25) is 5.15 Å². The molecule has 28 heavy (non-hydrogen) atoms. The third-order valence-corrected chi connectivity index (χ3v) is 4.13. The topological polar surface area (TPSA) is 102 Å². The van der Waals surface area contributed by atoms with Crippen molar-refractivity contribution in [2.45, 2.75) is 6.54 Å². The van der Waals surface area contributed by atoms with Crippen LogP contribution in [0.1, 0.15) is 15.9 Å². The molecule has 2 amide bonds. The standard InChI is InChI=1S/C19H17ClN4O4/c1-4-14(25)22-15-16(20)24(19(28)23(3)18(15)27)10-6-8-12-7-5-9-13(11-12)17(26)21-2/h4-5,7,9,11H,1,10H2,2-3H3,(H,21,26)(H,22,25). The Morgan fingerprint density at radius 3 is 2.68 bits per heavy atom. The average molecular weight is 401 g/mol. The maximum absolute atomic E-state index is 12.3. The largest absolute Gasteiger partial charge is 0.355 e. The molecule has 2 aromatic rings. The fourth-order valence-electron chi connectivity index (χ4n) is 2.26. The molecule has 2 rings (SSSR count). The third kappa shape index (κ3) is 4.39. The predicted octanol–water partition coefficient (Wildman–Crippen LogP) is 0.736. The fraction of sp³-hybridized carbons (Fsp3) is 0.158. The van der Waals surface area contributed by atoms with Crippen molar-refractivity contribution in [3.05, 3.63) is 74.0 Å². The highest BCUT2D eigenvalue weighted by molar-refractivity contribution is 6.32. The summed E-state index contributed by atoms with van der Waals surface area (Å²) >= 11 is 6.14. The zero-order chi connectivity index (χ0) is 20.8. The monoisotopic (exact) mass is 400 g/mol. The van der Waals surface area contributed by atoms with Gasteiger partial charge in [0.15, 0.2) is 0 Å². The van der Waals surface area contributed by atoms with Crippen LogP contribution in [-0.2, 0) is 18.4 Å². The van der Waals surface area contributed by atoms with Gasteiger partial charge in [-0.3, -0.25) is 23.5 Å². The van der Waals surface area contributed by atoms with Gasteiger partial charge < -0.3 is 10.6 Å². The summed E-state index contributed by atoms with van der Waals surface area (Å²) in [5, 5.41) is 4.58. The number of hydrogen-bond acceptors (Lipinski definition) is 4. The summed E-state index contributed by atoms with van der Waals surface area (Å²) in [4.78, 5) is 47.7. The molecule has 1 aromatic carbocycles. The number of nitrogens with zero attached hydrogens (tertiary/aromatic N) is 2. The highest BCUT2D eigenvalue weighted by Crippen LogP contribution is 2.15. The Kier molecular flexibility index (Phi) is 6.58. The Balaban J connectivity index is 2.41. The zero-order valence-electron chi connectivity index (χ0n) is 15.2. The Bertz CT molecular complexity index is 1140. The van der Waals surface area contributed by atoms with Crippen LogP contribution in [-0.4, -0.2) is 28.0 Å². The molecule has 0 saturated carbocycles. The fourth-order valence-corrected chi connectivity index (χ4v) is 2.52. The van der Waals surface area contributed by atoms with Gasteiger partial charge in [-0.25, -0.2) is 4.79 Å². The maximum atomic E-state index is 12.3. The molecule has 2 N–H and O–H groups in total. The molecule has 8 nitrogen and oxygen atoms in total. The summed E-state index contributed by atoms with van der Waals surface area (Å²) in [7, 11) is 2.79. The first kappa shape index (κ1) is 20.7. The van der Waals surface area contributed by atoms with Crippen molar-refractivity contribution in [3.8, 4) is 11.8 Å². The van der Waals surface area contributed by atoms with Gasteiger partial charge in [-0.15, -0.1) is 0 Å². The SMILES string of the molecule is C=CC(=O)Nc1c(Cl)n(CC#Cc2cccc(C(=O)NC)c2)c(=O)n(C)c1=O. The predicted molar refractivity (Wildman–Crippen MR) is 106 cm³/mol. The van der Waals surface area contributed by atoms with Crippen LogP contribution in [0.25, 0.3) is 0 Å². The minimum absolute atomic E-state index is 0.132. The van der Waals surface area contributed by atoms with E-state index in [0.717, 1.165) is 15.2 Å². The lowest BCUT2D eigenvalue weighted by atomic mass is 10.1. The van der Waals surface area contributed by atoms with E-state index in [4.69, 9.17) is 11.6 Å². The van der Waals surface area contributed by atoms with Gasteiger partial charge in [0.05, 0.1) is 6.54 Å². The van der Waals surface area contributed by atoms with Crippen molar-refractivity contribution in [3.63, 3.8) is 0 Å². The molecule has 0 aliphatic heterocycles. The van der Waals surface area contributed by atoms with Gasteiger partial charge in [0.25, 0.3) is 11.5 Å². The number of halogens is 1. The van der Waals surface area contributed by atoms with E-state index >= 15 is 0 Å². The molecule has 0 unspecified atom stereocenters. The molecular formula is C19H17ClN4O4. The van der Waals surface area contributed by atoms with Crippen LogP contribution < -0.4 is 21.9 Å². The second-order valence-corrected chi connectivity index (χ2v) is 5.91. The van der Waals surface area contributed by atoms with Crippen LogP contribution in [0.15, 0.2) is 46.5 Å². The number of carbonyl (C=O) groups is 2. The van der Waals surface area contributed by atoms with Crippen LogP contribution in [0.5, 0.6) is 0 Å². The normalized spacial score (nSPS) is 9.82. The molecule has 0 saturated heterocycles. The van der Waals surface area contributed by atoms with E-state index in [1.54, 1.807) is 24.3 Å². The molecule has 0 fully saturated rings. The highest BCUT2D eigenvalue weighted by Gasteiger charge is 2.16. The Hall–Kier alpha value is -3.57. The maximum Gasteiger partial charge on any atom is 0.332 e. The quantitative estimate of drug-likeness (QED) is 0.449. The second kappa shape index (κ2) is 8.88. The molecule has 0 atom stereocenters. The average Bonchev–Trinajstić information content (AvgIpc) is 2.71. The summed E-state index contributed by atoms with van der Waals surface area (Å²) in [6, 6.07) is 6.64. The Labute approximate surface area is 165 Å². The molecule has 9 heteroatoms. The highest BCUT2D eigenvalue weighted by atomic mass is 35.5. The number of nitrogens with one attached hydrogen (secondary N) is 2. The number of hydrogen-bond donors (Lipinski definition) is 2. The lowest BCUT2D eigenvalue weighted by Crippen LogP contribution is -2.40. The van der Waals surface area contributed by atoms with Crippen LogP contribution in [0, 0.1) is 11.8 Å². The van der Waals surface area contributed by atoms with Crippen molar-refractivity contribution >= 4 is 29.1 Å². The molecule has 0 aliphatic carbocycles. The number of anilines is 1. The minimum Gasteiger partial charge on any atom is -0.355 e. The Morgan fingerprint density at radius 2 is 2.04 bits per heavy atom. The van der Waals surface area contributed by atoms with Gasteiger partial charge in [-0.1, -0.05) is 36.1 Å². The van der Waals surface area contributed by atoms with Gasteiger partial charge in [0, 0.05) is 25.2 Å². The van der Waals surface area contributed by atoms with E-state index in [2.05, 4.69) is 29.1 Å². The summed E-state index contributed by atoms with van der Waals surface area (Å²) in [5.74, 6) is 4.72. The molecule has 0 bridgehead atoms. The van der Waals surface area contributed by atoms with Gasteiger partial charge in [-0.2, -0.15) is 0 Å². The number of aromatic nitrogens is 2. The summed E-state index contributed by atoms with van der Waals surface area (Å²) in [6.07, 6.45) is 0.977. The van der Waals surface area contributed by atoms with Crippen LogP contribution in [0.3, 0.4) is 0 Å². The number of benzene rings is 1. The van der Waals surface area contributed by atoms with Gasteiger partial charge in [0.2, 0.25) is 5.91 Å². The van der Waals surface area contributed by atoms with Crippen molar-refractivity contribution < 1.29 is 9.59 Å². The Morgan fingerprint density at radius 1 is 1.32 bits per heavy atom. The van der Waals surface area contributed by atoms with Crippen LogP contribution >= 0.6 is 11.6 Å². The van der Waals surface area contributed by atoms with E-state index in [0.29, 0.717) is 11.1 Å². The smallest absolute Gasteiger partial charge is 0.332 e. The minimum atomic E-state index is -0.743. The number of amides is 2. The van der Waals surface area contributed by atoms with E-state index in [1.165, 1.54) is 14.1 Å². The van der Waals surface area contributed by atoms with Crippen LogP contribution in [0.4, 0.5) is 5.69 Å². The van der Waals surface area contributed by atoms with Crippen molar-refractivity contribution in [1.82, 2.24) is 14.5 Å². The molecule has 1 aromatic heterocycles. The van der Waals surface area contributed by atoms with Crippen molar-refractivity contribution in [1.29, 1.82) is 0 Å². The van der Waals surface area contributed by atoms with Gasteiger partial charge in [-0.05, 0) is 24.3 Å². The van der Waals surface area contributed by atoms with E-state index in [1.807, 2.05) is 0 Å². The van der Waals surface area contributed by atoms with Gasteiger partial charge >= 0.3 is 5.69 Å². The first-order chi connectivity index (χ1) is 13.3. The summed E-state index contributed by atoms with van der Waals surface area (Å²) < 4.78 is 1.87.